The Kier molecular flexibility index (Phi) is 2.82. The number of benzene rings is 1. The van der Waals surface area contributed by atoms with Crippen molar-refractivity contribution in [1.82, 2.24) is 9.55 Å². The van der Waals surface area contributed by atoms with E-state index in [0.29, 0.717) is 11.7 Å². The molecule has 94 valence electrons. The van der Waals surface area contributed by atoms with Crippen LogP contribution < -0.4 is 0 Å². The van der Waals surface area contributed by atoms with E-state index in [1.54, 1.807) is 6.07 Å². The van der Waals surface area contributed by atoms with Crippen LogP contribution in [0.1, 0.15) is 42.8 Å². The van der Waals surface area contributed by atoms with Gasteiger partial charge in [0.2, 0.25) is 0 Å². The number of aromatic nitrogens is 2. The van der Waals surface area contributed by atoms with E-state index in [1.165, 1.54) is 18.7 Å². The van der Waals surface area contributed by atoms with Gasteiger partial charge in [-0.15, -0.1) is 0 Å². The first kappa shape index (κ1) is 11.3. The van der Waals surface area contributed by atoms with E-state index >= 15 is 0 Å². The Morgan fingerprint density at radius 2 is 2.33 bits per heavy atom. The van der Waals surface area contributed by atoms with Gasteiger partial charge in [0.05, 0.1) is 5.69 Å². The second kappa shape index (κ2) is 4.48. The Bertz CT molecular complexity index is 559. The van der Waals surface area contributed by atoms with Gasteiger partial charge in [0.15, 0.2) is 0 Å². The highest BCUT2D eigenvalue weighted by atomic mass is 16.3. The first-order chi connectivity index (χ1) is 8.72. The molecule has 1 aromatic heterocycles. The van der Waals surface area contributed by atoms with Gasteiger partial charge in [-0.05, 0) is 30.5 Å². The predicted molar refractivity (Wildman–Crippen MR) is 70.8 cm³/mol. The summed E-state index contributed by atoms with van der Waals surface area (Å²) in [5.74, 6) is 2.11. The zero-order valence-corrected chi connectivity index (χ0v) is 10.6. The fourth-order valence-corrected chi connectivity index (χ4v) is 2.72. The smallest absolute Gasteiger partial charge is 0.115 e. The third kappa shape index (κ3) is 2.13. The molecule has 0 spiro atoms. The maximum Gasteiger partial charge on any atom is 0.115 e. The summed E-state index contributed by atoms with van der Waals surface area (Å²) in [7, 11) is 0. The van der Waals surface area contributed by atoms with Crippen LogP contribution in [0.25, 0.3) is 0 Å². The first-order valence-corrected chi connectivity index (χ1v) is 6.56. The van der Waals surface area contributed by atoms with Crippen molar-refractivity contribution < 1.29 is 5.11 Å². The van der Waals surface area contributed by atoms with Crippen LogP contribution in [0.3, 0.4) is 0 Å². The van der Waals surface area contributed by atoms with Crippen molar-refractivity contribution in [2.75, 3.05) is 0 Å². The molecule has 1 aromatic carbocycles. The molecule has 0 saturated carbocycles. The van der Waals surface area contributed by atoms with Crippen molar-refractivity contribution in [3.63, 3.8) is 0 Å². The van der Waals surface area contributed by atoms with Crippen LogP contribution in [-0.2, 0) is 13.0 Å². The summed E-state index contributed by atoms with van der Waals surface area (Å²) < 4.78 is 2.28. The van der Waals surface area contributed by atoms with E-state index in [2.05, 4.69) is 17.7 Å². The quantitative estimate of drug-likeness (QED) is 0.878. The van der Waals surface area contributed by atoms with Crippen molar-refractivity contribution >= 4 is 0 Å². The number of nitrogens with zero attached hydrogens (tertiary/aromatic N) is 2. The van der Waals surface area contributed by atoms with Gasteiger partial charge >= 0.3 is 0 Å². The molecule has 1 aliphatic rings. The van der Waals surface area contributed by atoms with Crippen LogP contribution in [0, 0.1) is 0 Å². The fraction of sp³-hybridized carbons (Fsp3) is 0.400. The molecule has 0 amide bonds. The third-order valence-corrected chi connectivity index (χ3v) is 3.63. The van der Waals surface area contributed by atoms with E-state index in [9.17, 15) is 5.11 Å². The van der Waals surface area contributed by atoms with E-state index in [4.69, 9.17) is 4.98 Å². The van der Waals surface area contributed by atoms with Gasteiger partial charge < -0.3 is 9.67 Å². The third-order valence-electron chi connectivity index (χ3n) is 3.63. The van der Waals surface area contributed by atoms with Crippen molar-refractivity contribution in [3.8, 4) is 5.75 Å². The van der Waals surface area contributed by atoms with E-state index < -0.39 is 0 Å². The minimum absolute atomic E-state index is 0.324. The molecular formula is C15H18N2O. The molecule has 0 radical (unpaired) electrons. The normalized spacial score (nSPS) is 18.6. The van der Waals surface area contributed by atoms with Crippen molar-refractivity contribution in [1.29, 1.82) is 0 Å². The number of hydrogen-bond acceptors (Lipinski definition) is 2. The lowest BCUT2D eigenvalue weighted by Crippen LogP contribution is -2.12. The van der Waals surface area contributed by atoms with Gasteiger partial charge in [0, 0.05) is 25.1 Å². The Balaban J connectivity index is 1.85. The summed E-state index contributed by atoms with van der Waals surface area (Å²) in [6.07, 6.45) is 5.44. The minimum Gasteiger partial charge on any atom is -0.508 e. The van der Waals surface area contributed by atoms with Gasteiger partial charge in [-0.1, -0.05) is 19.1 Å². The monoisotopic (exact) mass is 242 g/mol. The Morgan fingerprint density at radius 3 is 3.11 bits per heavy atom. The molecule has 0 saturated heterocycles. The second-order valence-corrected chi connectivity index (χ2v) is 5.17. The molecule has 3 nitrogen and oxygen atoms in total. The molecule has 1 aliphatic heterocycles. The highest BCUT2D eigenvalue weighted by Crippen LogP contribution is 2.26. The molecule has 3 rings (SSSR count). The van der Waals surface area contributed by atoms with Gasteiger partial charge in [-0.2, -0.15) is 0 Å². The van der Waals surface area contributed by atoms with Crippen LogP contribution in [0.15, 0.2) is 30.5 Å². The summed E-state index contributed by atoms with van der Waals surface area (Å²) in [5, 5.41) is 9.47. The molecule has 1 unspecified atom stereocenters. The zero-order chi connectivity index (χ0) is 12.5. The number of phenolic OH excluding ortho intramolecular Hbond substituents is 1. The lowest BCUT2D eigenvalue weighted by Gasteiger charge is -2.19. The SMILES string of the molecule is CC1CCCn2cc(Cc3cccc(O)c3)nc21. The summed E-state index contributed by atoms with van der Waals surface area (Å²) in [4.78, 5) is 4.74. The first-order valence-electron chi connectivity index (χ1n) is 6.56. The highest BCUT2D eigenvalue weighted by Gasteiger charge is 2.18. The van der Waals surface area contributed by atoms with Crippen molar-refractivity contribution in [2.24, 2.45) is 0 Å². The molecule has 2 aromatic rings. The lowest BCUT2D eigenvalue weighted by molar-refractivity contribution is 0.463. The number of phenols is 1. The summed E-state index contributed by atoms with van der Waals surface area (Å²) in [6, 6.07) is 7.41. The fourth-order valence-electron chi connectivity index (χ4n) is 2.72. The van der Waals surface area contributed by atoms with Gasteiger partial charge in [-0.3, -0.25) is 0 Å². The predicted octanol–water partition coefficient (Wildman–Crippen LogP) is 3.08. The molecule has 2 heterocycles. The maximum absolute atomic E-state index is 9.47. The Morgan fingerprint density at radius 1 is 1.44 bits per heavy atom. The highest BCUT2D eigenvalue weighted by molar-refractivity contribution is 5.30. The molecule has 1 N–H and O–H groups in total. The average Bonchev–Trinajstić information content (AvgIpc) is 2.73. The largest absolute Gasteiger partial charge is 0.508 e. The number of aryl methyl sites for hydroxylation is 1. The number of aromatic hydroxyl groups is 1. The summed E-state index contributed by atoms with van der Waals surface area (Å²) in [6.45, 7) is 3.34. The van der Waals surface area contributed by atoms with Crippen LogP contribution in [0.5, 0.6) is 5.75 Å². The Labute approximate surface area is 107 Å². The topological polar surface area (TPSA) is 38.0 Å². The van der Waals surface area contributed by atoms with E-state index in [1.807, 2.05) is 18.2 Å². The molecule has 0 bridgehead atoms. The zero-order valence-electron chi connectivity index (χ0n) is 10.6. The van der Waals surface area contributed by atoms with E-state index in [0.717, 1.165) is 24.2 Å². The van der Waals surface area contributed by atoms with E-state index in [-0.39, 0.29) is 0 Å². The molecule has 1 atom stereocenters. The van der Waals surface area contributed by atoms with Crippen molar-refractivity contribution in [2.45, 2.75) is 38.6 Å². The standard InChI is InChI=1S/C15H18N2O/c1-11-4-3-7-17-10-13(16-15(11)17)8-12-5-2-6-14(18)9-12/h2,5-6,9-11,18H,3-4,7-8H2,1H3. The summed E-state index contributed by atoms with van der Waals surface area (Å²) in [5.41, 5.74) is 2.21. The van der Waals surface area contributed by atoms with Crippen molar-refractivity contribution in [3.05, 3.63) is 47.5 Å². The van der Waals surface area contributed by atoms with Crippen LogP contribution in [0.4, 0.5) is 0 Å². The molecule has 0 aliphatic carbocycles. The van der Waals surface area contributed by atoms with Crippen LogP contribution in [0.2, 0.25) is 0 Å². The molecule has 3 heteroatoms. The van der Waals surface area contributed by atoms with Crippen LogP contribution >= 0.6 is 0 Å². The summed E-state index contributed by atoms with van der Waals surface area (Å²) >= 11 is 0. The van der Waals surface area contributed by atoms with Gasteiger partial charge in [0.25, 0.3) is 0 Å². The van der Waals surface area contributed by atoms with Crippen LogP contribution in [-0.4, -0.2) is 14.7 Å². The molecular weight excluding hydrogens is 224 g/mol. The number of fused-ring (bicyclic) bond motifs is 1. The Hall–Kier alpha value is -1.77. The minimum atomic E-state index is 0.324. The number of rotatable bonds is 2. The number of imidazole rings is 1. The van der Waals surface area contributed by atoms with Gasteiger partial charge in [-0.25, -0.2) is 4.98 Å². The maximum atomic E-state index is 9.47. The second-order valence-electron chi connectivity index (χ2n) is 5.17. The number of hydrogen-bond donors (Lipinski definition) is 1. The van der Waals surface area contributed by atoms with Gasteiger partial charge in [0.1, 0.15) is 11.6 Å². The molecule has 18 heavy (non-hydrogen) atoms. The molecule has 0 fully saturated rings. The lowest BCUT2D eigenvalue weighted by atomic mass is 10.0. The average molecular weight is 242 g/mol.